The number of carbonyl (C=O) groups is 1. The summed E-state index contributed by atoms with van der Waals surface area (Å²) in [5.41, 5.74) is 2.32. The Bertz CT molecular complexity index is 766. The second-order valence-corrected chi connectivity index (χ2v) is 7.89. The third-order valence-corrected chi connectivity index (χ3v) is 6.38. The first kappa shape index (κ1) is 16.7. The minimum absolute atomic E-state index is 0.0509. The lowest BCUT2D eigenvalue weighted by Crippen LogP contribution is -2.37. The molecule has 2 saturated carbocycles. The van der Waals surface area contributed by atoms with Gasteiger partial charge in [0.25, 0.3) is 5.69 Å². The molecular formula is C19H24N2O3. The molecule has 5 nitrogen and oxygen atoms in total. The van der Waals surface area contributed by atoms with Crippen LogP contribution >= 0.6 is 0 Å². The lowest BCUT2D eigenvalue weighted by molar-refractivity contribution is -0.384. The number of benzene rings is 1. The normalized spacial score (nSPS) is 27.3. The number of nitrogens with one attached hydrogen (secondary N) is 1. The van der Waals surface area contributed by atoms with Gasteiger partial charge in [0.15, 0.2) is 0 Å². The Hall–Kier alpha value is -2.17. The topological polar surface area (TPSA) is 72.2 Å². The number of nitrogens with zero attached hydrogens (tertiary/aromatic N) is 1. The number of hydrogen-bond donors (Lipinski definition) is 1. The van der Waals surface area contributed by atoms with E-state index in [-0.39, 0.29) is 22.7 Å². The third kappa shape index (κ3) is 2.18. The molecule has 1 aromatic carbocycles. The van der Waals surface area contributed by atoms with Crippen LogP contribution in [0, 0.1) is 40.7 Å². The van der Waals surface area contributed by atoms with Crippen molar-refractivity contribution in [2.75, 3.05) is 5.32 Å². The molecule has 0 heterocycles. The molecule has 128 valence electrons. The maximum Gasteiger partial charge on any atom is 0.293 e. The molecular weight excluding hydrogens is 304 g/mol. The number of nitro groups is 1. The predicted molar refractivity (Wildman–Crippen MR) is 93.9 cm³/mol. The summed E-state index contributed by atoms with van der Waals surface area (Å²) in [4.78, 5) is 24.0. The summed E-state index contributed by atoms with van der Waals surface area (Å²) in [7, 11) is 0. The van der Waals surface area contributed by atoms with E-state index in [1.807, 2.05) is 13.8 Å². The van der Waals surface area contributed by atoms with E-state index in [1.54, 1.807) is 6.07 Å². The van der Waals surface area contributed by atoms with Crippen molar-refractivity contribution in [3.05, 3.63) is 45.5 Å². The highest BCUT2D eigenvalue weighted by atomic mass is 16.6. The van der Waals surface area contributed by atoms with Crippen LogP contribution in [0.15, 0.2) is 24.3 Å². The molecule has 2 atom stereocenters. The van der Waals surface area contributed by atoms with Crippen LogP contribution in [0.3, 0.4) is 0 Å². The quantitative estimate of drug-likeness (QED) is 0.503. The SMILES string of the molecule is C=C1C2(C(=O)Nc3cc(C)c(C)cc3[N+](=O)[O-])CCC(C2)C1(C)C. The van der Waals surface area contributed by atoms with Gasteiger partial charge in [0, 0.05) is 6.07 Å². The van der Waals surface area contributed by atoms with Gasteiger partial charge in [-0.25, -0.2) is 0 Å². The van der Waals surface area contributed by atoms with Crippen molar-refractivity contribution in [3.63, 3.8) is 0 Å². The first-order valence-corrected chi connectivity index (χ1v) is 8.36. The molecule has 0 saturated heterocycles. The van der Waals surface area contributed by atoms with Gasteiger partial charge in [0.05, 0.1) is 10.3 Å². The first-order valence-electron chi connectivity index (χ1n) is 8.36. The highest BCUT2D eigenvalue weighted by molar-refractivity contribution is 6.00. The van der Waals surface area contributed by atoms with Crippen LogP contribution in [-0.4, -0.2) is 10.8 Å². The number of nitro benzene ring substituents is 1. The molecule has 0 spiro atoms. The zero-order chi connectivity index (χ0) is 17.9. The Kier molecular flexibility index (Phi) is 3.59. The summed E-state index contributed by atoms with van der Waals surface area (Å²) >= 11 is 0. The summed E-state index contributed by atoms with van der Waals surface area (Å²) in [5.74, 6) is 0.317. The van der Waals surface area contributed by atoms with Crippen LogP contribution in [0.1, 0.15) is 44.2 Å². The van der Waals surface area contributed by atoms with Crippen LogP contribution in [0.5, 0.6) is 0 Å². The van der Waals surface area contributed by atoms with Crippen LogP contribution in [0.25, 0.3) is 0 Å². The van der Waals surface area contributed by atoms with E-state index in [2.05, 4.69) is 25.7 Å². The zero-order valence-electron chi connectivity index (χ0n) is 14.7. The Labute approximate surface area is 142 Å². The first-order chi connectivity index (χ1) is 11.1. The minimum atomic E-state index is -0.583. The minimum Gasteiger partial charge on any atom is -0.320 e. The number of aryl methyl sites for hydroxylation is 2. The van der Waals surface area contributed by atoms with Gasteiger partial charge in [-0.2, -0.15) is 0 Å². The van der Waals surface area contributed by atoms with E-state index in [0.717, 1.165) is 36.0 Å². The van der Waals surface area contributed by atoms with E-state index in [0.29, 0.717) is 5.92 Å². The number of hydrogen-bond acceptors (Lipinski definition) is 3. The summed E-state index contributed by atoms with van der Waals surface area (Å²) in [6, 6.07) is 3.21. The molecule has 3 rings (SSSR count). The van der Waals surface area contributed by atoms with E-state index < -0.39 is 10.3 Å². The third-order valence-electron chi connectivity index (χ3n) is 6.38. The van der Waals surface area contributed by atoms with Crippen LogP contribution in [-0.2, 0) is 4.79 Å². The van der Waals surface area contributed by atoms with E-state index >= 15 is 0 Å². The Morgan fingerprint density at radius 3 is 2.50 bits per heavy atom. The molecule has 1 aromatic rings. The van der Waals surface area contributed by atoms with Gasteiger partial charge in [-0.3, -0.25) is 14.9 Å². The fourth-order valence-electron chi connectivity index (χ4n) is 4.44. The van der Waals surface area contributed by atoms with Crippen molar-refractivity contribution in [2.24, 2.45) is 16.7 Å². The number of carbonyl (C=O) groups excluding carboxylic acids is 1. The van der Waals surface area contributed by atoms with Gasteiger partial charge in [-0.05, 0) is 61.6 Å². The van der Waals surface area contributed by atoms with E-state index in [4.69, 9.17) is 0 Å². The van der Waals surface area contributed by atoms with Gasteiger partial charge in [0.2, 0.25) is 5.91 Å². The van der Waals surface area contributed by atoms with Crippen molar-refractivity contribution in [2.45, 2.75) is 47.0 Å². The standard InChI is InChI=1S/C19H24N2O3/c1-11-8-15(16(21(23)24)9-12(11)2)20-17(22)19-7-6-14(10-19)18(4,5)13(19)3/h8-9,14H,3,6-7,10H2,1-2,4-5H3,(H,20,22). The molecule has 2 bridgehead atoms. The van der Waals surface area contributed by atoms with Crippen LogP contribution in [0.2, 0.25) is 0 Å². The molecule has 0 aliphatic heterocycles. The van der Waals surface area contributed by atoms with Crippen molar-refractivity contribution in [1.82, 2.24) is 0 Å². The summed E-state index contributed by atoms with van der Waals surface area (Å²) in [6.45, 7) is 12.2. The highest BCUT2D eigenvalue weighted by Crippen LogP contribution is 2.65. The fourth-order valence-corrected chi connectivity index (χ4v) is 4.44. The smallest absolute Gasteiger partial charge is 0.293 e. The van der Waals surface area contributed by atoms with Crippen molar-refractivity contribution < 1.29 is 9.72 Å². The molecule has 2 aliphatic carbocycles. The fraction of sp³-hybridized carbons (Fsp3) is 0.526. The molecule has 2 fully saturated rings. The number of amides is 1. The van der Waals surface area contributed by atoms with E-state index in [1.165, 1.54) is 6.07 Å². The molecule has 5 heteroatoms. The monoisotopic (exact) mass is 328 g/mol. The van der Waals surface area contributed by atoms with Gasteiger partial charge in [0.1, 0.15) is 5.69 Å². The molecule has 24 heavy (non-hydrogen) atoms. The van der Waals surface area contributed by atoms with Crippen LogP contribution < -0.4 is 5.32 Å². The lowest BCUT2D eigenvalue weighted by atomic mass is 9.68. The van der Waals surface area contributed by atoms with Gasteiger partial charge in [-0.15, -0.1) is 0 Å². The Morgan fingerprint density at radius 1 is 1.33 bits per heavy atom. The molecule has 0 radical (unpaired) electrons. The van der Waals surface area contributed by atoms with Gasteiger partial charge >= 0.3 is 0 Å². The molecule has 1 N–H and O–H groups in total. The Balaban J connectivity index is 1.96. The largest absolute Gasteiger partial charge is 0.320 e. The summed E-state index contributed by atoms with van der Waals surface area (Å²) in [5, 5.41) is 14.2. The average molecular weight is 328 g/mol. The van der Waals surface area contributed by atoms with Crippen molar-refractivity contribution in [1.29, 1.82) is 0 Å². The van der Waals surface area contributed by atoms with Gasteiger partial charge < -0.3 is 5.32 Å². The zero-order valence-corrected chi connectivity index (χ0v) is 14.7. The summed E-state index contributed by atoms with van der Waals surface area (Å²) < 4.78 is 0. The second kappa shape index (κ2) is 5.16. The molecule has 2 aliphatic rings. The Morgan fingerprint density at radius 2 is 1.96 bits per heavy atom. The average Bonchev–Trinajstić information content (AvgIpc) is 3.02. The van der Waals surface area contributed by atoms with Crippen molar-refractivity contribution in [3.8, 4) is 0 Å². The predicted octanol–water partition coefficient (Wildman–Crippen LogP) is 4.53. The number of fused-ring (bicyclic) bond motifs is 2. The number of anilines is 1. The van der Waals surface area contributed by atoms with E-state index in [9.17, 15) is 14.9 Å². The lowest BCUT2D eigenvalue weighted by Gasteiger charge is -2.37. The maximum atomic E-state index is 13.1. The molecule has 1 amide bonds. The van der Waals surface area contributed by atoms with Crippen LogP contribution in [0.4, 0.5) is 11.4 Å². The number of rotatable bonds is 3. The van der Waals surface area contributed by atoms with Gasteiger partial charge in [-0.1, -0.05) is 26.0 Å². The van der Waals surface area contributed by atoms with Crippen molar-refractivity contribution >= 4 is 17.3 Å². The second-order valence-electron chi connectivity index (χ2n) is 7.89. The highest BCUT2D eigenvalue weighted by Gasteiger charge is 2.61. The maximum absolute atomic E-state index is 13.1. The summed E-state index contributed by atoms with van der Waals surface area (Å²) in [6.07, 6.45) is 2.59. The molecule has 2 unspecified atom stereocenters. The molecule has 0 aromatic heterocycles.